The first-order valence-corrected chi connectivity index (χ1v) is 12.3. The lowest BCUT2D eigenvalue weighted by atomic mass is 10.0. The molecule has 13 heteroatoms. The Labute approximate surface area is 216 Å². The molecule has 0 aliphatic heterocycles. The van der Waals surface area contributed by atoms with E-state index in [2.05, 4.69) is 20.8 Å². The molecular weight excluding hydrogens is 500 g/mol. The minimum absolute atomic E-state index is 0.00181. The van der Waals surface area contributed by atoms with E-state index in [1.165, 1.54) is 36.4 Å². The molecule has 3 rings (SSSR count). The zero-order valence-electron chi connectivity index (χ0n) is 20.4. The van der Waals surface area contributed by atoms with Gasteiger partial charge in [0.2, 0.25) is 5.91 Å². The predicted octanol–water partition coefficient (Wildman–Crippen LogP) is 3.76. The molecule has 0 saturated carbocycles. The molecule has 0 aliphatic rings. The van der Waals surface area contributed by atoms with Crippen molar-refractivity contribution in [2.24, 2.45) is 5.92 Å². The first-order valence-electron chi connectivity index (χ1n) is 11.3. The van der Waals surface area contributed by atoms with Crippen LogP contribution in [0.3, 0.4) is 0 Å². The largest absolute Gasteiger partial charge is 0.478 e. The Balaban J connectivity index is 1.72. The quantitative estimate of drug-likeness (QED) is 0.191. The van der Waals surface area contributed by atoms with E-state index in [4.69, 9.17) is 5.11 Å². The second-order valence-electron chi connectivity index (χ2n) is 8.31. The van der Waals surface area contributed by atoms with Crippen molar-refractivity contribution in [2.45, 2.75) is 38.5 Å². The molecule has 12 nitrogen and oxygen atoms in total. The topological polar surface area (TPSA) is 169 Å². The van der Waals surface area contributed by atoms with Crippen molar-refractivity contribution >= 4 is 40.9 Å². The Morgan fingerprint density at radius 3 is 2.46 bits per heavy atom. The van der Waals surface area contributed by atoms with Crippen LogP contribution in [0.4, 0.5) is 11.4 Å². The van der Waals surface area contributed by atoms with Crippen molar-refractivity contribution in [2.75, 3.05) is 11.1 Å². The van der Waals surface area contributed by atoms with Crippen LogP contribution in [0.5, 0.6) is 0 Å². The molecule has 0 saturated heterocycles. The van der Waals surface area contributed by atoms with Crippen LogP contribution in [0.25, 0.3) is 0 Å². The summed E-state index contributed by atoms with van der Waals surface area (Å²) in [5, 5.41) is 34.7. The number of aromatic carboxylic acids is 1. The lowest BCUT2D eigenvalue weighted by Crippen LogP contribution is -2.33. The van der Waals surface area contributed by atoms with Gasteiger partial charge < -0.3 is 20.3 Å². The van der Waals surface area contributed by atoms with E-state index in [9.17, 15) is 24.5 Å². The smallest absolute Gasteiger partial charge is 0.335 e. The summed E-state index contributed by atoms with van der Waals surface area (Å²) in [5.74, 6) is -1.51. The number of hydrogen-bond donors (Lipinski definition) is 3. The SMILES string of the molecule is CCn1c(SCC(=O)Nc2cccc(C(=O)O)c2)nnc1[C@@H](NC(=O)c1cccc([N+](=O)[O-])c1)C(C)C. The average Bonchev–Trinajstić information content (AvgIpc) is 3.28. The normalized spacial score (nSPS) is 11.7. The minimum Gasteiger partial charge on any atom is -0.478 e. The molecule has 3 N–H and O–H groups in total. The van der Waals surface area contributed by atoms with Gasteiger partial charge in [-0.2, -0.15) is 0 Å². The Morgan fingerprint density at radius 2 is 1.81 bits per heavy atom. The predicted molar refractivity (Wildman–Crippen MR) is 137 cm³/mol. The average molecular weight is 527 g/mol. The van der Waals surface area contributed by atoms with Gasteiger partial charge in [0.15, 0.2) is 11.0 Å². The molecule has 1 atom stereocenters. The molecule has 0 fully saturated rings. The van der Waals surface area contributed by atoms with Crippen molar-refractivity contribution in [1.82, 2.24) is 20.1 Å². The fraction of sp³-hybridized carbons (Fsp3) is 0.292. The number of thioether (sulfide) groups is 1. The molecule has 2 aromatic carbocycles. The maximum absolute atomic E-state index is 12.9. The fourth-order valence-corrected chi connectivity index (χ4v) is 4.32. The monoisotopic (exact) mass is 526 g/mol. The van der Waals surface area contributed by atoms with E-state index in [1.54, 1.807) is 16.7 Å². The van der Waals surface area contributed by atoms with Crippen LogP contribution < -0.4 is 10.6 Å². The first-order chi connectivity index (χ1) is 17.6. The number of nitro groups is 1. The van der Waals surface area contributed by atoms with Crippen molar-refractivity contribution < 1.29 is 24.4 Å². The molecule has 0 unspecified atom stereocenters. The summed E-state index contributed by atoms with van der Waals surface area (Å²) in [6.07, 6.45) is 0. The van der Waals surface area contributed by atoms with Crippen LogP contribution in [0, 0.1) is 16.0 Å². The molecule has 0 bridgehead atoms. The summed E-state index contributed by atoms with van der Waals surface area (Å²) in [4.78, 5) is 47.0. The number of carboxylic acids is 1. The summed E-state index contributed by atoms with van der Waals surface area (Å²) >= 11 is 1.15. The number of rotatable bonds is 11. The lowest BCUT2D eigenvalue weighted by molar-refractivity contribution is -0.384. The van der Waals surface area contributed by atoms with Crippen molar-refractivity contribution in [3.8, 4) is 0 Å². The summed E-state index contributed by atoms with van der Waals surface area (Å²) in [6.45, 7) is 6.16. The highest BCUT2D eigenvalue weighted by Gasteiger charge is 2.26. The highest BCUT2D eigenvalue weighted by atomic mass is 32.2. The fourth-order valence-electron chi connectivity index (χ4n) is 3.51. The van der Waals surface area contributed by atoms with Crippen LogP contribution in [-0.2, 0) is 11.3 Å². The van der Waals surface area contributed by atoms with Crippen LogP contribution in [0.2, 0.25) is 0 Å². The maximum atomic E-state index is 12.9. The van der Waals surface area contributed by atoms with Crippen molar-refractivity contribution in [1.29, 1.82) is 0 Å². The Hall–Kier alpha value is -4.26. The maximum Gasteiger partial charge on any atom is 0.335 e. The third-order valence-corrected chi connectivity index (χ3v) is 6.30. The van der Waals surface area contributed by atoms with E-state index in [0.29, 0.717) is 23.2 Å². The third kappa shape index (κ3) is 6.91. The zero-order chi connectivity index (χ0) is 27.1. The summed E-state index contributed by atoms with van der Waals surface area (Å²) < 4.78 is 1.79. The van der Waals surface area contributed by atoms with Crippen molar-refractivity contribution in [3.63, 3.8) is 0 Å². The number of non-ortho nitro benzene ring substituents is 1. The molecule has 0 radical (unpaired) electrons. The highest BCUT2D eigenvalue weighted by molar-refractivity contribution is 7.99. The van der Waals surface area contributed by atoms with Crippen LogP contribution >= 0.6 is 11.8 Å². The second kappa shape index (κ2) is 12.1. The van der Waals surface area contributed by atoms with E-state index in [0.717, 1.165) is 11.8 Å². The summed E-state index contributed by atoms with van der Waals surface area (Å²) in [7, 11) is 0. The van der Waals surface area contributed by atoms with Gasteiger partial charge in [-0.3, -0.25) is 19.7 Å². The zero-order valence-corrected chi connectivity index (χ0v) is 21.2. The number of anilines is 1. The Morgan fingerprint density at radius 1 is 1.11 bits per heavy atom. The number of carbonyl (C=O) groups is 3. The van der Waals surface area contributed by atoms with Crippen LogP contribution in [-0.4, -0.2) is 48.3 Å². The number of nitrogens with one attached hydrogen (secondary N) is 2. The van der Waals surface area contributed by atoms with Gasteiger partial charge in [-0.15, -0.1) is 10.2 Å². The highest BCUT2D eigenvalue weighted by Crippen LogP contribution is 2.26. The van der Waals surface area contributed by atoms with Gasteiger partial charge in [0.05, 0.1) is 22.3 Å². The Bertz CT molecular complexity index is 1320. The molecule has 194 valence electrons. The van der Waals surface area contributed by atoms with E-state index >= 15 is 0 Å². The van der Waals surface area contributed by atoms with E-state index in [-0.39, 0.29) is 34.4 Å². The number of hydrogen-bond acceptors (Lipinski definition) is 8. The third-order valence-electron chi connectivity index (χ3n) is 5.34. The molecule has 37 heavy (non-hydrogen) atoms. The van der Waals surface area contributed by atoms with Gasteiger partial charge in [-0.25, -0.2) is 4.79 Å². The number of carbonyl (C=O) groups excluding carboxylic acids is 2. The standard InChI is InChI=1S/C24H26N6O6S/c1-4-29-21(20(14(2)3)26-22(32)15-7-6-10-18(12-15)30(35)36)27-28-24(29)37-13-19(31)25-17-9-5-8-16(11-17)23(33)34/h5-12,14,20H,4,13H2,1-3H3,(H,25,31)(H,26,32)(H,33,34)/t20-/m0/s1. The van der Waals surface area contributed by atoms with Crippen LogP contribution in [0.1, 0.15) is 53.4 Å². The molecule has 1 heterocycles. The van der Waals surface area contributed by atoms with Gasteiger partial charge in [0.1, 0.15) is 0 Å². The van der Waals surface area contributed by atoms with Gasteiger partial charge in [-0.1, -0.05) is 37.7 Å². The van der Waals surface area contributed by atoms with E-state index in [1.807, 2.05) is 20.8 Å². The molecule has 1 aromatic heterocycles. The Kier molecular flexibility index (Phi) is 8.95. The van der Waals surface area contributed by atoms with Crippen molar-refractivity contribution in [3.05, 3.63) is 75.6 Å². The van der Waals surface area contributed by atoms with Gasteiger partial charge in [-0.05, 0) is 37.1 Å². The number of amides is 2. The number of nitro benzene ring substituents is 1. The van der Waals surface area contributed by atoms with Gasteiger partial charge in [0.25, 0.3) is 11.6 Å². The number of aromatic nitrogens is 3. The molecule has 2 amide bonds. The molecule has 0 aliphatic carbocycles. The van der Waals surface area contributed by atoms with Crippen LogP contribution in [0.15, 0.2) is 53.7 Å². The van der Waals surface area contributed by atoms with E-state index < -0.39 is 22.8 Å². The summed E-state index contributed by atoms with van der Waals surface area (Å²) in [5.41, 5.74) is 0.400. The molecular formula is C24H26N6O6S. The van der Waals surface area contributed by atoms with Gasteiger partial charge >= 0.3 is 5.97 Å². The number of nitrogens with zero attached hydrogens (tertiary/aromatic N) is 4. The number of carboxylic acid groups (broad SMARTS) is 1. The minimum atomic E-state index is -1.09. The molecule has 0 spiro atoms. The summed E-state index contributed by atoms with van der Waals surface area (Å²) in [6, 6.07) is 10.9. The molecule has 3 aromatic rings. The lowest BCUT2D eigenvalue weighted by Gasteiger charge is -2.22. The first kappa shape index (κ1) is 27.3. The number of benzene rings is 2. The van der Waals surface area contributed by atoms with Gasteiger partial charge in [0, 0.05) is 29.9 Å². The second-order valence-corrected chi connectivity index (χ2v) is 9.25.